The highest BCUT2D eigenvalue weighted by Gasteiger charge is 2.18. The van der Waals surface area contributed by atoms with Crippen molar-refractivity contribution in [3.8, 4) is 5.69 Å². The summed E-state index contributed by atoms with van der Waals surface area (Å²) in [5, 5.41) is 7.83. The van der Waals surface area contributed by atoms with Gasteiger partial charge in [0.1, 0.15) is 11.5 Å². The van der Waals surface area contributed by atoms with Gasteiger partial charge in [0.2, 0.25) is 0 Å². The maximum Gasteiger partial charge on any atom is 0.151 e. The lowest BCUT2D eigenvalue weighted by Gasteiger charge is -2.21. The molecule has 1 aromatic carbocycles. The second-order valence-electron chi connectivity index (χ2n) is 5.59. The molecule has 120 valence electrons. The van der Waals surface area contributed by atoms with Gasteiger partial charge in [-0.15, -0.1) is 0 Å². The lowest BCUT2D eigenvalue weighted by molar-refractivity contribution is 0.431. The van der Waals surface area contributed by atoms with Crippen LogP contribution >= 0.6 is 0 Å². The third-order valence-corrected chi connectivity index (χ3v) is 4.12. The zero-order chi connectivity index (χ0) is 16.3. The molecule has 0 bridgehead atoms. The molecule has 22 heavy (non-hydrogen) atoms. The predicted octanol–water partition coefficient (Wildman–Crippen LogP) is 4.30. The van der Waals surface area contributed by atoms with Crippen LogP contribution in [0.2, 0.25) is 0 Å². The van der Waals surface area contributed by atoms with E-state index in [1.807, 2.05) is 6.92 Å². The summed E-state index contributed by atoms with van der Waals surface area (Å²) in [4.78, 5) is 0. The molecule has 1 heterocycles. The molecule has 0 saturated heterocycles. The second kappa shape index (κ2) is 7.01. The van der Waals surface area contributed by atoms with E-state index in [0.717, 1.165) is 30.2 Å². The summed E-state index contributed by atoms with van der Waals surface area (Å²) in [6, 6.07) is 4.10. The first-order valence-electron chi connectivity index (χ1n) is 7.73. The number of hydrogen-bond acceptors (Lipinski definition) is 2. The Bertz CT molecular complexity index is 633. The lowest BCUT2D eigenvalue weighted by atomic mass is 10.1. The van der Waals surface area contributed by atoms with Gasteiger partial charge in [-0.05, 0) is 38.8 Å². The fourth-order valence-electron chi connectivity index (χ4n) is 2.71. The molecule has 1 aromatic heterocycles. The fraction of sp³-hybridized carbons (Fsp3) is 0.471. The molecule has 2 rings (SSSR count). The molecule has 0 aliphatic carbocycles. The first-order valence-corrected chi connectivity index (χ1v) is 7.73. The average Bonchev–Trinajstić information content (AvgIpc) is 2.86. The fourth-order valence-corrected chi connectivity index (χ4v) is 2.71. The Morgan fingerprint density at radius 1 is 1.23 bits per heavy atom. The normalized spacial score (nSPS) is 12.9. The monoisotopic (exact) mass is 307 g/mol. The van der Waals surface area contributed by atoms with Gasteiger partial charge in [0.15, 0.2) is 5.82 Å². The number of rotatable bonds is 6. The van der Waals surface area contributed by atoms with Crippen LogP contribution < -0.4 is 5.32 Å². The Morgan fingerprint density at radius 3 is 2.50 bits per heavy atom. The van der Waals surface area contributed by atoms with E-state index in [1.54, 1.807) is 6.20 Å². The molecular formula is C17H23F2N3. The molecule has 1 N–H and O–H groups in total. The third kappa shape index (κ3) is 3.35. The summed E-state index contributed by atoms with van der Waals surface area (Å²) in [5.74, 6) is -1.20. The van der Waals surface area contributed by atoms with Gasteiger partial charge in [-0.2, -0.15) is 5.10 Å². The topological polar surface area (TPSA) is 29.9 Å². The van der Waals surface area contributed by atoms with Crippen LogP contribution in [0.5, 0.6) is 0 Å². The van der Waals surface area contributed by atoms with E-state index in [2.05, 4.69) is 31.2 Å². The van der Waals surface area contributed by atoms with Crippen LogP contribution in [0.3, 0.4) is 0 Å². The van der Waals surface area contributed by atoms with Gasteiger partial charge in [0.25, 0.3) is 0 Å². The van der Waals surface area contributed by atoms with Crippen LogP contribution in [-0.4, -0.2) is 15.8 Å². The van der Waals surface area contributed by atoms with E-state index in [-0.39, 0.29) is 11.7 Å². The molecule has 0 fully saturated rings. The molecule has 1 atom stereocenters. The number of nitrogens with one attached hydrogen (secondary N) is 1. The molecule has 0 spiro atoms. The SMILES string of the molecule is CCC(CC)NC(C)c1cnn(-c2ccc(F)cc2F)c1C. The molecule has 1 unspecified atom stereocenters. The Labute approximate surface area is 130 Å². The Morgan fingerprint density at radius 2 is 1.91 bits per heavy atom. The van der Waals surface area contributed by atoms with Gasteiger partial charge in [-0.3, -0.25) is 0 Å². The van der Waals surface area contributed by atoms with Gasteiger partial charge >= 0.3 is 0 Å². The van der Waals surface area contributed by atoms with E-state index >= 15 is 0 Å². The van der Waals surface area contributed by atoms with Gasteiger partial charge in [-0.1, -0.05) is 13.8 Å². The predicted molar refractivity (Wildman–Crippen MR) is 84.1 cm³/mol. The number of aromatic nitrogens is 2. The van der Waals surface area contributed by atoms with E-state index < -0.39 is 11.6 Å². The average molecular weight is 307 g/mol. The molecule has 3 nitrogen and oxygen atoms in total. The number of benzene rings is 1. The zero-order valence-corrected chi connectivity index (χ0v) is 13.5. The minimum absolute atomic E-state index is 0.127. The number of halogens is 2. The second-order valence-corrected chi connectivity index (χ2v) is 5.59. The van der Waals surface area contributed by atoms with Crippen LogP contribution in [-0.2, 0) is 0 Å². The smallest absolute Gasteiger partial charge is 0.151 e. The van der Waals surface area contributed by atoms with Crippen LogP contribution in [0.15, 0.2) is 24.4 Å². The third-order valence-electron chi connectivity index (χ3n) is 4.12. The van der Waals surface area contributed by atoms with Crippen molar-refractivity contribution < 1.29 is 8.78 Å². The molecule has 5 heteroatoms. The van der Waals surface area contributed by atoms with Gasteiger partial charge in [-0.25, -0.2) is 13.5 Å². The Hall–Kier alpha value is -1.75. The summed E-state index contributed by atoms with van der Waals surface area (Å²) in [6.45, 7) is 8.28. The largest absolute Gasteiger partial charge is 0.307 e. The van der Waals surface area contributed by atoms with Crippen molar-refractivity contribution >= 4 is 0 Å². The van der Waals surface area contributed by atoms with Crippen molar-refractivity contribution in [1.29, 1.82) is 0 Å². The van der Waals surface area contributed by atoms with Gasteiger partial charge < -0.3 is 5.32 Å². The Kier molecular flexibility index (Phi) is 5.29. The molecular weight excluding hydrogens is 284 g/mol. The van der Waals surface area contributed by atoms with Crippen LogP contribution in [0.4, 0.5) is 8.78 Å². The van der Waals surface area contributed by atoms with E-state index in [1.165, 1.54) is 16.8 Å². The van der Waals surface area contributed by atoms with Crippen LogP contribution in [0, 0.1) is 18.6 Å². The summed E-state index contributed by atoms with van der Waals surface area (Å²) >= 11 is 0. The molecule has 2 aromatic rings. The highest BCUT2D eigenvalue weighted by Crippen LogP contribution is 2.23. The summed E-state index contributed by atoms with van der Waals surface area (Å²) in [7, 11) is 0. The highest BCUT2D eigenvalue weighted by molar-refractivity contribution is 5.37. The highest BCUT2D eigenvalue weighted by atomic mass is 19.1. The van der Waals surface area contributed by atoms with E-state index in [0.29, 0.717) is 6.04 Å². The lowest BCUT2D eigenvalue weighted by Crippen LogP contribution is -2.30. The molecule has 0 amide bonds. The first kappa shape index (κ1) is 16.6. The van der Waals surface area contributed by atoms with Crippen LogP contribution in [0.1, 0.15) is 50.9 Å². The zero-order valence-electron chi connectivity index (χ0n) is 13.5. The molecule has 0 aliphatic rings. The molecule has 0 saturated carbocycles. The maximum absolute atomic E-state index is 13.9. The van der Waals surface area contributed by atoms with E-state index in [9.17, 15) is 8.78 Å². The summed E-state index contributed by atoms with van der Waals surface area (Å²) < 4.78 is 28.5. The summed E-state index contributed by atoms with van der Waals surface area (Å²) in [5.41, 5.74) is 2.15. The van der Waals surface area contributed by atoms with Crippen molar-refractivity contribution in [3.05, 3.63) is 47.3 Å². The van der Waals surface area contributed by atoms with Gasteiger partial charge in [0, 0.05) is 29.4 Å². The Balaban J connectivity index is 2.29. The van der Waals surface area contributed by atoms with Crippen molar-refractivity contribution in [2.45, 2.75) is 52.6 Å². The standard InChI is InChI=1S/C17H23F2N3/c1-5-14(6-2)21-11(3)15-10-20-22(12(15)4)17-8-7-13(18)9-16(17)19/h7-11,14,21H,5-6H2,1-4H3. The van der Waals surface area contributed by atoms with Crippen molar-refractivity contribution in [2.75, 3.05) is 0 Å². The molecule has 0 radical (unpaired) electrons. The van der Waals surface area contributed by atoms with Crippen molar-refractivity contribution in [1.82, 2.24) is 15.1 Å². The minimum atomic E-state index is -0.613. The number of hydrogen-bond donors (Lipinski definition) is 1. The first-order chi connectivity index (χ1) is 10.5. The van der Waals surface area contributed by atoms with Crippen molar-refractivity contribution in [3.63, 3.8) is 0 Å². The maximum atomic E-state index is 13.9. The molecule has 0 aliphatic heterocycles. The van der Waals surface area contributed by atoms with Gasteiger partial charge in [0.05, 0.1) is 6.20 Å². The number of nitrogens with zero attached hydrogens (tertiary/aromatic N) is 2. The minimum Gasteiger partial charge on any atom is -0.307 e. The van der Waals surface area contributed by atoms with Crippen molar-refractivity contribution in [2.24, 2.45) is 0 Å². The van der Waals surface area contributed by atoms with Crippen LogP contribution in [0.25, 0.3) is 5.69 Å². The quantitative estimate of drug-likeness (QED) is 0.862. The summed E-state index contributed by atoms with van der Waals surface area (Å²) in [6.07, 6.45) is 3.86. The van der Waals surface area contributed by atoms with E-state index in [4.69, 9.17) is 0 Å².